The molecule has 1 rings (SSSR count). The van der Waals surface area contributed by atoms with Gasteiger partial charge < -0.3 is 5.32 Å². The van der Waals surface area contributed by atoms with Crippen molar-refractivity contribution in [1.82, 2.24) is 5.32 Å². The van der Waals surface area contributed by atoms with Crippen molar-refractivity contribution in [2.45, 2.75) is 40.5 Å². The summed E-state index contributed by atoms with van der Waals surface area (Å²) in [6, 6.07) is 0. The molecular formula is C11H21N. The van der Waals surface area contributed by atoms with Gasteiger partial charge >= 0.3 is 0 Å². The minimum Gasteiger partial charge on any atom is -0.388 e. The lowest BCUT2D eigenvalue weighted by Gasteiger charge is -2.27. The second kappa shape index (κ2) is 3.97. The third-order valence-corrected chi connectivity index (χ3v) is 2.56. The Labute approximate surface area is 76.2 Å². The molecule has 0 saturated heterocycles. The Morgan fingerprint density at radius 2 is 1.75 bits per heavy atom. The zero-order chi connectivity index (χ0) is 9.14. The van der Waals surface area contributed by atoms with Gasteiger partial charge in [0.2, 0.25) is 0 Å². The molecule has 1 aliphatic rings. The van der Waals surface area contributed by atoms with Gasteiger partial charge in [-0.3, -0.25) is 0 Å². The van der Waals surface area contributed by atoms with E-state index in [0.29, 0.717) is 5.92 Å². The number of hydrogen-bond acceptors (Lipinski definition) is 1. The SMILES string of the molecule is CC(C)C1=C(C(C)C)NCCC1. The van der Waals surface area contributed by atoms with E-state index in [2.05, 4.69) is 33.0 Å². The Hall–Kier alpha value is -0.460. The van der Waals surface area contributed by atoms with Crippen LogP contribution in [-0.2, 0) is 0 Å². The van der Waals surface area contributed by atoms with Gasteiger partial charge in [-0.2, -0.15) is 0 Å². The molecule has 0 unspecified atom stereocenters. The Morgan fingerprint density at radius 3 is 2.17 bits per heavy atom. The van der Waals surface area contributed by atoms with Gasteiger partial charge in [0.05, 0.1) is 0 Å². The summed E-state index contributed by atoms with van der Waals surface area (Å²) >= 11 is 0. The first kappa shape index (κ1) is 9.63. The fourth-order valence-corrected chi connectivity index (χ4v) is 1.92. The van der Waals surface area contributed by atoms with Gasteiger partial charge in [0.1, 0.15) is 0 Å². The van der Waals surface area contributed by atoms with E-state index in [0.717, 1.165) is 5.92 Å². The highest BCUT2D eigenvalue weighted by Gasteiger charge is 2.16. The van der Waals surface area contributed by atoms with E-state index >= 15 is 0 Å². The highest BCUT2D eigenvalue weighted by atomic mass is 14.9. The van der Waals surface area contributed by atoms with E-state index in [1.54, 1.807) is 5.57 Å². The van der Waals surface area contributed by atoms with Crippen molar-refractivity contribution in [3.8, 4) is 0 Å². The zero-order valence-corrected chi connectivity index (χ0v) is 8.78. The smallest absolute Gasteiger partial charge is 0.0147 e. The van der Waals surface area contributed by atoms with Gasteiger partial charge in [0.25, 0.3) is 0 Å². The van der Waals surface area contributed by atoms with Gasteiger partial charge in [0, 0.05) is 12.2 Å². The molecule has 0 bridgehead atoms. The molecule has 70 valence electrons. The maximum absolute atomic E-state index is 3.53. The average molecular weight is 167 g/mol. The monoisotopic (exact) mass is 167 g/mol. The third kappa shape index (κ3) is 2.02. The molecule has 0 amide bonds. The molecule has 1 nitrogen and oxygen atoms in total. The summed E-state index contributed by atoms with van der Waals surface area (Å²) in [4.78, 5) is 0. The lowest BCUT2D eigenvalue weighted by molar-refractivity contribution is 0.534. The van der Waals surface area contributed by atoms with Crippen LogP contribution in [0.1, 0.15) is 40.5 Å². The van der Waals surface area contributed by atoms with Crippen molar-refractivity contribution in [1.29, 1.82) is 0 Å². The highest BCUT2D eigenvalue weighted by molar-refractivity contribution is 5.18. The second-order valence-electron chi connectivity index (χ2n) is 4.28. The summed E-state index contributed by atoms with van der Waals surface area (Å²) in [5.74, 6) is 1.39. The predicted molar refractivity (Wildman–Crippen MR) is 53.9 cm³/mol. The van der Waals surface area contributed by atoms with Crippen molar-refractivity contribution < 1.29 is 0 Å². The van der Waals surface area contributed by atoms with E-state index in [9.17, 15) is 0 Å². The summed E-state index contributed by atoms with van der Waals surface area (Å²) in [7, 11) is 0. The van der Waals surface area contributed by atoms with E-state index in [1.807, 2.05) is 0 Å². The van der Waals surface area contributed by atoms with Crippen LogP contribution in [0.25, 0.3) is 0 Å². The lowest BCUT2D eigenvalue weighted by Crippen LogP contribution is -2.26. The van der Waals surface area contributed by atoms with Gasteiger partial charge in [0.15, 0.2) is 0 Å². The Bertz CT molecular complexity index is 157. The minimum absolute atomic E-state index is 0.669. The van der Waals surface area contributed by atoms with Gasteiger partial charge in [-0.05, 0) is 30.3 Å². The first-order valence-corrected chi connectivity index (χ1v) is 5.09. The summed E-state index contributed by atoms with van der Waals surface area (Å²) in [6.07, 6.45) is 2.61. The summed E-state index contributed by atoms with van der Waals surface area (Å²) < 4.78 is 0. The number of allylic oxidation sites excluding steroid dienone is 2. The normalized spacial score (nSPS) is 18.8. The van der Waals surface area contributed by atoms with Gasteiger partial charge in [-0.25, -0.2) is 0 Å². The maximum atomic E-state index is 3.53. The first-order valence-electron chi connectivity index (χ1n) is 5.09. The molecule has 1 heterocycles. The van der Waals surface area contributed by atoms with Crippen LogP contribution in [-0.4, -0.2) is 6.54 Å². The lowest BCUT2D eigenvalue weighted by atomic mass is 9.89. The largest absolute Gasteiger partial charge is 0.388 e. The van der Waals surface area contributed by atoms with Crippen molar-refractivity contribution in [2.24, 2.45) is 11.8 Å². The molecule has 12 heavy (non-hydrogen) atoms. The molecule has 0 fully saturated rings. The fourth-order valence-electron chi connectivity index (χ4n) is 1.92. The number of rotatable bonds is 2. The van der Waals surface area contributed by atoms with Crippen molar-refractivity contribution >= 4 is 0 Å². The van der Waals surface area contributed by atoms with Gasteiger partial charge in [-0.1, -0.05) is 27.7 Å². The van der Waals surface area contributed by atoms with Crippen LogP contribution in [0, 0.1) is 11.8 Å². The van der Waals surface area contributed by atoms with Crippen LogP contribution >= 0.6 is 0 Å². The molecule has 0 radical (unpaired) electrons. The molecule has 0 aromatic carbocycles. The van der Waals surface area contributed by atoms with Crippen LogP contribution in [0.15, 0.2) is 11.3 Å². The highest BCUT2D eigenvalue weighted by Crippen LogP contribution is 2.26. The molecule has 0 saturated carbocycles. The van der Waals surface area contributed by atoms with Gasteiger partial charge in [-0.15, -0.1) is 0 Å². The molecule has 0 aromatic heterocycles. The van der Waals surface area contributed by atoms with Crippen LogP contribution < -0.4 is 5.32 Å². The summed E-state index contributed by atoms with van der Waals surface area (Å²) in [6.45, 7) is 10.3. The molecule has 0 aromatic rings. The van der Waals surface area contributed by atoms with Crippen LogP contribution in [0.3, 0.4) is 0 Å². The Morgan fingerprint density at radius 1 is 1.08 bits per heavy atom. The van der Waals surface area contributed by atoms with Crippen molar-refractivity contribution in [3.63, 3.8) is 0 Å². The van der Waals surface area contributed by atoms with Crippen LogP contribution in [0.4, 0.5) is 0 Å². The standard InChI is InChI=1S/C11H21N/c1-8(2)10-6-5-7-12-11(10)9(3)4/h8-9,12H,5-7H2,1-4H3. The van der Waals surface area contributed by atoms with E-state index < -0.39 is 0 Å². The minimum atomic E-state index is 0.669. The third-order valence-electron chi connectivity index (χ3n) is 2.56. The molecule has 1 N–H and O–H groups in total. The van der Waals surface area contributed by atoms with E-state index in [4.69, 9.17) is 0 Å². The maximum Gasteiger partial charge on any atom is 0.0147 e. The summed E-state index contributed by atoms with van der Waals surface area (Å²) in [5, 5.41) is 3.53. The number of hydrogen-bond donors (Lipinski definition) is 1. The first-order chi connectivity index (χ1) is 5.63. The molecule has 0 atom stereocenters. The van der Waals surface area contributed by atoms with Crippen LogP contribution in [0.2, 0.25) is 0 Å². The topological polar surface area (TPSA) is 12.0 Å². The van der Waals surface area contributed by atoms with Crippen molar-refractivity contribution in [3.05, 3.63) is 11.3 Å². The fraction of sp³-hybridized carbons (Fsp3) is 0.818. The number of nitrogens with one attached hydrogen (secondary N) is 1. The Balaban J connectivity index is 2.83. The zero-order valence-electron chi connectivity index (χ0n) is 8.78. The van der Waals surface area contributed by atoms with Crippen LogP contribution in [0.5, 0.6) is 0 Å². The van der Waals surface area contributed by atoms with E-state index in [-0.39, 0.29) is 0 Å². The molecular weight excluding hydrogens is 146 g/mol. The molecule has 0 spiro atoms. The Kier molecular flexibility index (Phi) is 3.19. The summed E-state index contributed by atoms with van der Waals surface area (Å²) in [5.41, 5.74) is 3.16. The predicted octanol–water partition coefficient (Wildman–Crippen LogP) is 2.94. The van der Waals surface area contributed by atoms with Crippen molar-refractivity contribution in [2.75, 3.05) is 6.54 Å². The molecule has 0 aliphatic carbocycles. The quantitative estimate of drug-likeness (QED) is 0.666. The molecule has 1 aliphatic heterocycles. The average Bonchev–Trinajstić information content (AvgIpc) is 2.04. The second-order valence-corrected chi connectivity index (χ2v) is 4.28. The van der Waals surface area contributed by atoms with E-state index in [1.165, 1.54) is 25.1 Å². The molecule has 1 heteroatoms.